The zero-order valence-electron chi connectivity index (χ0n) is 12.3. The zero-order valence-corrected chi connectivity index (χ0v) is 12.3. The van der Waals surface area contributed by atoms with E-state index in [-0.39, 0.29) is 18.1 Å². The van der Waals surface area contributed by atoms with E-state index in [0.29, 0.717) is 13.0 Å². The highest BCUT2D eigenvalue weighted by Crippen LogP contribution is 2.42. The number of rotatable bonds is 5. The highest BCUT2D eigenvalue weighted by molar-refractivity contribution is 5.99. The Kier molecular flexibility index (Phi) is 3.95. The van der Waals surface area contributed by atoms with E-state index < -0.39 is 5.41 Å². The number of carbonyl (C=O) groups excluding carboxylic acids is 2. The summed E-state index contributed by atoms with van der Waals surface area (Å²) in [6.45, 7) is 4.65. The van der Waals surface area contributed by atoms with Crippen LogP contribution in [0.15, 0.2) is 30.3 Å². The minimum Gasteiger partial charge on any atom is -0.383 e. The lowest BCUT2D eigenvalue weighted by molar-refractivity contribution is -0.143. The topological polar surface area (TPSA) is 46.6 Å². The maximum absolute atomic E-state index is 12.7. The number of ether oxygens (including phenoxy) is 1. The molecule has 0 aromatic heterocycles. The van der Waals surface area contributed by atoms with Crippen molar-refractivity contribution in [1.29, 1.82) is 0 Å². The SMILES string of the molecule is COCC1(C=O)CC(C)(C)N(Cc2ccccc2)C1=O. The summed E-state index contributed by atoms with van der Waals surface area (Å²) in [6.07, 6.45) is 1.24. The van der Waals surface area contributed by atoms with Gasteiger partial charge in [0.15, 0.2) is 0 Å². The third-order valence-electron chi connectivity index (χ3n) is 3.96. The normalized spacial score (nSPS) is 24.9. The first-order chi connectivity index (χ1) is 9.45. The van der Waals surface area contributed by atoms with E-state index in [2.05, 4.69) is 0 Å². The van der Waals surface area contributed by atoms with Gasteiger partial charge in [-0.2, -0.15) is 0 Å². The van der Waals surface area contributed by atoms with Crippen molar-refractivity contribution in [2.75, 3.05) is 13.7 Å². The molecule has 4 nitrogen and oxygen atoms in total. The standard InChI is InChI=1S/C16H21NO3/c1-15(2)10-16(11-18,12-20-3)14(19)17(15)9-13-7-5-4-6-8-13/h4-8,11H,9-10,12H2,1-3H3. The fourth-order valence-electron chi connectivity index (χ4n) is 3.03. The molecule has 20 heavy (non-hydrogen) atoms. The van der Waals surface area contributed by atoms with E-state index in [0.717, 1.165) is 11.8 Å². The van der Waals surface area contributed by atoms with Crippen molar-refractivity contribution < 1.29 is 14.3 Å². The minimum atomic E-state index is -1.03. The van der Waals surface area contributed by atoms with Crippen molar-refractivity contribution in [1.82, 2.24) is 4.90 Å². The molecule has 1 aromatic carbocycles. The van der Waals surface area contributed by atoms with Crippen molar-refractivity contribution in [2.45, 2.75) is 32.4 Å². The van der Waals surface area contributed by atoms with Crippen molar-refractivity contribution in [3.8, 4) is 0 Å². The van der Waals surface area contributed by atoms with E-state index in [1.54, 1.807) is 4.90 Å². The maximum atomic E-state index is 12.7. The average molecular weight is 275 g/mol. The lowest BCUT2D eigenvalue weighted by Gasteiger charge is -2.31. The predicted octanol–water partition coefficient (Wildman–Crippen LogP) is 2.03. The molecule has 1 atom stereocenters. The second-order valence-electron chi connectivity index (χ2n) is 6.07. The van der Waals surface area contributed by atoms with Gasteiger partial charge in [-0.15, -0.1) is 0 Å². The van der Waals surface area contributed by atoms with E-state index >= 15 is 0 Å². The van der Waals surface area contributed by atoms with Gasteiger partial charge in [0.2, 0.25) is 5.91 Å². The Morgan fingerprint density at radius 3 is 2.50 bits per heavy atom. The lowest BCUT2D eigenvalue weighted by Crippen LogP contribution is -2.42. The number of amides is 1. The number of methoxy groups -OCH3 is 1. The molecule has 0 aliphatic carbocycles. The molecule has 1 amide bonds. The van der Waals surface area contributed by atoms with Crippen LogP contribution in [-0.4, -0.2) is 36.3 Å². The molecule has 1 heterocycles. The van der Waals surface area contributed by atoms with Gasteiger partial charge in [0.1, 0.15) is 11.7 Å². The molecule has 1 fully saturated rings. The van der Waals surface area contributed by atoms with Crippen LogP contribution >= 0.6 is 0 Å². The second-order valence-corrected chi connectivity index (χ2v) is 6.07. The Morgan fingerprint density at radius 1 is 1.30 bits per heavy atom. The molecule has 0 bridgehead atoms. The van der Waals surface area contributed by atoms with Crippen LogP contribution < -0.4 is 0 Å². The van der Waals surface area contributed by atoms with Crippen LogP contribution in [0.2, 0.25) is 0 Å². The van der Waals surface area contributed by atoms with Gasteiger partial charge in [0.25, 0.3) is 0 Å². The molecule has 0 saturated carbocycles. The van der Waals surface area contributed by atoms with Crippen LogP contribution in [0, 0.1) is 5.41 Å². The van der Waals surface area contributed by atoms with Crippen molar-refractivity contribution in [2.24, 2.45) is 5.41 Å². The van der Waals surface area contributed by atoms with E-state index in [4.69, 9.17) is 4.74 Å². The van der Waals surface area contributed by atoms with Crippen LogP contribution in [0.1, 0.15) is 25.8 Å². The number of hydrogen-bond acceptors (Lipinski definition) is 3. The van der Waals surface area contributed by atoms with Crippen LogP contribution in [0.25, 0.3) is 0 Å². The van der Waals surface area contributed by atoms with Gasteiger partial charge >= 0.3 is 0 Å². The number of likely N-dealkylation sites (tertiary alicyclic amines) is 1. The van der Waals surface area contributed by atoms with Gasteiger partial charge in [0.05, 0.1) is 6.61 Å². The minimum absolute atomic E-state index is 0.136. The van der Waals surface area contributed by atoms with Gasteiger partial charge in [-0.25, -0.2) is 0 Å². The summed E-state index contributed by atoms with van der Waals surface area (Å²) in [5.41, 5.74) is -0.326. The predicted molar refractivity (Wildman–Crippen MR) is 76.1 cm³/mol. The molecule has 4 heteroatoms. The lowest BCUT2D eigenvalue weighted by atomic mass is 9.83. The molecule has 2 rings (SSSR count). The number of benzene rings is 1. The van der Waals surface area contributed by atoms with E-state index in [9.17, 15) is 9.59 Å². The second kappa shape index (κ2) is 5.37. The Bertz CT molecular complexity index is 498. The summed E-state index contributed by atoms with van der Waals surface area (Å²) < 4.78 is 5.10. The molecule has 0 radical (unpaired) electrons. The molecule has 1 aliphatic rings. The molecule has 1 unspecified atom stereocenters. The van der Waals surface area contributed by atoms with E-state index in [1.807, 2.05) is 44.2 Å². The third kappa shape index (κ3) is 2.48. The quantitative estimate of drug-likeness (QED) is 0.610. The van der Waals surface area contributed by atoms with Crippen molar-refractivity contribution in [3.63, 3.8) is 0 Å². The Hall–Kier alpha value is -1.68. The summed E-state index contributed by atoms with van der Waals surface area (Å²) in [7, 11) is 1.52. The summed E-state index contributed by atoms with van der Waals surface area (Å²) in [5.74, 6) is -0.136. The van der Waals surface area contributed by atoms with E-state index in [1.165, 1.54) is 7.11 Å². The number of carbonyl (C=O) groups is 2. The molecule has 0 N–H and O–H groups in total. The molecule has 1 saturated heterocycles. The maximum Gasteiger partial charge on any atom is 0.239 e. The number of nitrogens with zero attached hydrogens (tertiary/aromatic N) is 1. The van der Waals surface area contributed by atoms with Crippen LogP contribution in [0.3, 0.4) is 0 Å². The van der Waals surface area contributed by atoms with Gasteiger partial charge in [-0.1, -0.05) is 30.3 Å². The molecule has 0 spiro atoms. The molecule has 1 aromatic rings. The summed E-state index contributed by atoms with van der Waals surface area (Å²) >= 11 is 0. The van der Waals surface area contributed by atoms with Gasteiger partial charge in [-0.3, -0.25) is 4.79 Å². The first kappa shape index (κ1) is 14.7. The van der Waals surface area contributed by atoms with Crippen molar-refractivity contribution in [3.05, 3.63) is 35.9 Å². The van der Waals surface area contributed by atoms with Crippen LogP contribution in [0.4, 0.5) is 0 Å². The van der Waals surface area contributed by atoms with Crippen LogP contribution in [-0.2, 0) is 20.9 Å². The Morgan fingerprint density at radius 2 is 1.95 bits per heavy atom. The Balaban J connectivity index is 2.29. The molecule has 1 aliphatic heterocycles. The first-order valence-corrected chi connectivity index (χ1v) is 6.76. The monoisotopic (exact) mass is 275 g/mol. The molecule has 108 valence electrons. The number of aldehydes is 1. The van der Waals surface area contributed by atoms with Crippen LogP contribution in [0.5, 0.6) is 0 Å². The fourth-order valence-corrected chi connectivity index (χ4v) is 3.03. The average Bonchev–Trinajstić information content (AvgIpc) is 2.61. The largest absolute Gasteiger partial charge is 0.383 e. The van der Waals surface area contributed by atoms with Gasteiger partial charge < -0.3 is 14.4 Å². The summed E-state index contributed by atoms with van der Waals surface area (Å²) in [6, 6.07) is 9.82. The zero-order chi connectivity index (χ0) is 14.8. The summed E-state index contributed by atoms with van der Waals surface area (Å²) in [4.78, 5) is 26.0. The number of hydrogen-bond donors (Lipinski definition) is 0. The highest BCUT2D eigenvalue weighted by atomic mass is 16.5. The van der Waals surface area contributed by atoms with Gasteiger partial charge in [-0.05, 0) is 25.8 Å². The molecular weight excluding hydrogens is 254 g/mol. The fraction of sp³-hybridized carbons (Fsp3) is 0.500. The third-order valence-corrected chi connectivity index (χ3v) is 3.96. The first-order valence-electron chi connectivity index (χ1n) is 6.76. The van der Waals surface area contributed by atoms with Gasteiger partial charge in [0, 0.05) is 19.2 Å². The highest BCUT2D eigenvalue weighted by Gasteiger charge is 2.55. The molecular formula is C16H21NO3. The summed E-state index contributed by atoms with van der Waals surface area (Å²) in [5, 5.41) is 0. The Labute approximate surface area is 119 Å². The smallest absolute Gasteiger partial charge is 0.239 e. The van der Waals surface area contributed by atoms with Crippen molar-refractivity contribution >= 4 is 12.2 Å².